The SMILES string of the molecule is CC(C)(C)Nc1nc(Nc2c[n+](=O)cc[nH]2)cc2ccn(CC(O)CO)c(=O)c12. The minimum Gasteiger partial charge on any atom is -0.394 e. The summed E-state index contributed by atoms with van der Waals surface area (Å²) in [6.07, 6.45) is 4.68. The van der Waals surface area contributed by atoms with Gasteiger partial charge in [-0.1, -0.05) is 0 Å². The molecule has 10 nitrogen and oxygen atoms in total. The van der Waals surface area contributed by atoms with Gasteiger partial charge < -0.3 is 30.4 Å². The number of aliphatic hydroxyl groups is 2. The molecule has 3 heterocycles. The van der Waals surface area contributed by atoms with Crippen LogP contribution in [0.25, 0.3) is 10.8 Å². The lowest BCUT2D eigenvalue weighted by atomic mass is 10.1. The second-order valence-electron chi connectivity index (χ2n) is 7.79. The van der Waals surface area contributed by atoms with E-state index >= 15 is 0 Å². The van der Waals surface area contributed by atoms with Crippen LogP contribution in [0.1, 0.15) is 20.8 Å². The number of rotatable bonds is 6. The molecule has 3 aromatic heterocycles. The molecule has 3 aromatic rings. The fraction of sp³-hybridized carbons (Fsp3) is 0.368. The minimum absolute atomic E-state index is 0.0251. The van der Waals surface area contributed by atoms with Crippen molar-refractivity contribution >= 4 is 28.2 Å². The molecular weight excluding hydrogens is 376 g/mol. The average molecular weight is 401 g/mol. The van der Waals surface area contributed by atoms with Crippen LogP contribution in [0, 0.1) is 4.91 Å². The van der Waals surface area contributed by atoms with Gasteiger partial charge in [0.1, 0.15) is 11.6 Å². The molecule has 0 aliphatic rings. The van der Waals surface area contributed by atoms with E-state index in [0.29, 0.717) is 32.7 Å². The van der Waals surface area contributed by atoms with Crippen molar-refractivity contribution in [2.45, 2.75) is 39.0 Å². The van der Waals surface area contributed by atoms with Crippen molar-refractivity contribution in [3.05, 3.63) is 52.2 Å². The third-order valence-corrected chi connectivity index (χ3v) is 4.05. The van der Waals surface area contributed by atoms with Gasteiger partial charge in [0.15, 0.2) is 5.82 Å². The van der Waals surface area contributed by atoms with Crippen LogP contribution in [0.2, 0.25) is 0 Å². The van der Waals surface area contributed by atoms with Crippen LogP contribution < -0.4 is 20.6 Å². The molecule has 0 fully saturated rings. The summed E-state index contributed by atoms with van der Waals surface area (Å²) < 4.78 is 2.00. The summed E-state index contributed by atoms with van der Waals surface area (Å²) in [7, 11) is 0. The summed E-state index contributed by atoms with van der Waals surface area (Å²) in [5, 5.41) is 26.1. The number of aliphatic hydroxyl groups excluding tert-OH is 2. The first-order valence-electron chi connectivity index (χ1n) is 9.15. The lowest BCUT2D eigenvalue weighted by molar-refractivity contribution is -0.494. The number of aromatic amines is 1. The molecule has 29 heavy (non-hydrogen) atoms. The van der Waals surface area contributed by atoms with E-state index in [9.17, 15) is 14.8 Å². The highest BCUT2D eigenvalue weighted by Gasteiger charge is 2.18. The summed E-state index contributed by atoms with van der Waals surface area (Å²) in [5.74, 6) is 1.26. The van der Waals surface area contributed by atoms with E-state index < -0.39 is 12.7 Å². The Labute approximate surface area is 166 Å². The zero-order chi connectivity index (χ0) is 21.2. The molecule has 154 valence electrons. The van der Waals surface area contributed by atoms with Crippen molar-refractivity contribution in [3.63, 3.8) is 0 Å². The summed E-state index contributed by atoms with van der Waals surface area (Å²) in [6, 6.07) is 3.44. The maximum Gasteiger partial charge on any atom is 0.268 e. The van der Waals surface area contributed by atoms with Crippen molar-refractivity contribution in [2.75, 3.05) is 17.2 Å². The number of pyridine rings is 2. The average Bonchev–Trinajstić information content (AvgIpc) is 2.62. The number of anilines is 3. The van der Waals surface area contributed by atoms with Crippen LogP contribution in [0.3, 0.4) is 0 Å². The van der Waals surface area contributed by atoms with Crippen molar-refractivity contribution in [2.24, 2.45) is 0 Å². The molecule has 0 aliphatic carbocycles. The van der Waals surface area contributed by atoms with E-state index in [4.69, 9.17) is 5.11 Å². The molecule has 0 saturated carbocycles. The maximum atomic E-state index is 13.0. The highest BCUT2D eigenvalue weighted by atomic mass is 16.3. The van der Waals surface area contributed by atoms with Crippen molar-refractivity contribution < 1.29 is 14.6 Å². The number of nitrogens with zero attached hydrogens (tertiary/aromatic N) is 3. The number of hydrogen-bond acceptors (Lipinski definition) is 7. The highest BCUT2D eigenvalue weighted by molar-refractivity contribution is 5.93. The standard InChI is InChI=1S/C19H24N6O4/c1-19(2,3)23-17-16-12(4-6-24(18(16)28)9-13(27)11-26)8-14(22-17)21-15-10-25(29)7-5-20-15/h4-8,10,13,26-27H,9,11H2,1-3H3,(H2-,20,21,22,23,28,29)/p+1. The molecule has 1 atom stereocenters. The van der Waals surface area contributed by atoms with Crippen molar-refractivity contribution in [3.8, 4) is 0 Å². The fourth-order valence-corrected chi connectivity index (χ4v) is 2.86. The van der Waals surface area contributed by atoms with Crippen LogP contribution >= 0.6 is 0 Å². The molecule has 0 spiro atoms. The Morgan fingerprint density at radius 2 is 2.14 bits per heavy atom. The Kier molecular flexibility index (Phi) is 5.66. The van der Waals surface area contributed by atoms with E-state index in [0.717, 1.165) is 0 Å². The lowest BCUT2D eigenvalue weighted by Crippen LogP contribution is -2.31. The number of fused-ring (bicyclic) bond motifs is 1. The first kappa shape index (κ1) is 20.5. The number of H-pyrrole nitrogens is 1. The van der Waals surface area contributed by atoms with Crippen LogP contribution in [0.15, 0.2) is 41.7 Å². The Morgan fingerprint density at radius 1 is 1.38 bits per heavy atom. The zero-order valence-corrected chi connectivity index (χ0v) is 16.5. The second kappa shape index (κ2) is 8.02. The minimum atomic E-state index is -1.04. The fourth-order valence-electron chi connectivity index (χ4n) is 2.86. The third-order valence-electron chi connectivity index (χ3n) is 4.05. The van der Waals surface area contributed by atoms with Gasteiger partial charge in [-0.3, -0.25) is 4.79 Å². The normalized spacial score (nSPS) is 12.7. The molecular formula is C19H25N6O4+. The first-order valence-corrected chi connectivity index (χ1v) is 9.15. The Bertz CT molecular complexity index is 1130. The van der Waals surface area contributed by atoms with Crippen LogP contribution in [-0.2, 0) is 6.54 Å². The molecule has 0 amide bonds. The number of nitrogens with one attached hydrogen (secondary N) is 3. The van der Waals surface area contributed by atoms with E-state index in [2.05, 4.69) is 20.6 Å². The molecule has 3 rings (SSSR count). The molecule has 0 saturated heterocycles. The maximum absolute atomic E-state index is 13.0. The number of hydrogen-bond donors (Lipinski definition) is 5. The van der Waals surface area contributed by atoms with Gasteiger partial charge in [0, 0.05) is 16.6 Å². The van der Waals surface area contributed by atoms with E-state index in [1.54, 1.807) is 18.3 Å². The monoisotopic (exact) mass is 401 g/mol. The van der Waals surface area contributed by atoms with Gasteiger partial charge >= 0.3 is 0 Å². The number of aromatic nitrogens is 4. The predicted octanol–water partition coefficient (Wildman–Crippen LogP) is 0.946. The van der Waals surface area contributed by atoms with Crippen molar-refractivity contribution in [1.82, 2.24) is 14.5 Å². The van der Waals surface area contributed by atoms with Gasteiger partial charge in [0.2, 0.25) is 6.20 Å². The van der Waals surface area contributed by atoms with Gasteiger partial charge in [-0.25, -0.2) is 4.98 Å². The molecule has 0 radical (unpaired) electrons. The summed E-state index contributed by atoms with van der Waals surface area (Å²) in [5.41, 5.74) is -0.697. The molecule has 0 aromatic carbocycles. The summed E-state index contributed by atoms with van der Waals surface area (Å²) in [6.45, 7) is 5.38. The molecule has 1 unspecified atom stereocenters. The third kappa shape index (κ3) is 4.98. The van der Waals surface area contributed by atoms with E-state index in [1.807, 2.05) is 20.8 Å². The van der Waals surface area contributed by atoms with Gasteiger partial charge in [-0.2, -0.15) is 0 Å². The first-order chi connectivity index (χ1) is 13.7. The Balaban J connectivity index is 2.13. The molecule has 10 heteroatoms. The second-order valence-corrected chi connectivity index (χ2v) is 7.79. The summed E-state index contributed by atoms with van der Waals surface area (Å²) in [4.78, 5) is 31.9. The molecule has 0 bridgehead atoms. The van der Waals surface area contributed by atoms with Crippen LogP contribution in [0.5, 0.6) is 0 Å². The van der Waals surface area contributed by atoms with Gasteiger partial charge in [-0.05, 0) is 38.3 Å². The zero-order valence-electron chi connectivity index (χ0n) is 16.5. The van der Waals surface area contributed by atoms with Crippen LogP contribution in [-0.4, -0.2) is 43.0 Å². The molecule has 0 aliphatic heterocycles. The largest absolute Gasteiger partial charge is 0.394 e. The highest BCUT2D eigenvalue weighted by Crippen LogP contribution is 2.25. The van der Waals surface area contributed by atoms with E-state index in [1.165, 1.54) is 23.2 Å². The van der Waals surface area contributed by atoms with E-state index in [-0.39, 0.29) is 17.6 Å². The van der Waals surface area contributed by atoms with Gasteiger partial charge in [0.25, 0.3) is 11.8 Å². The Hall–Kier alpha value is -3.24. The molecule has 5 N–H and O–H groups in total. The predicted molar refractivity (Wildman–Crippen MR) is 110 cm³/mol. The van der Waals surface area contributed by atoms with Gasteiger partial charge in [0.05, 0.1) is 35.3 Å². The van der Waals surface area contributed by atoms with Crippen molar-refractivity contribution in [1.29, 1.82) is 0 Å². The van der Waals surface area contributed by atoms with Gasteiger partial charge in [-0.15, -0.1) is 0 Å². The summed E-state index contributed by atoms with van der Waals surface area (Å²) >= 11 is 0. The lowest BCUT2D eigenvalue weighted by Gasteiger charge is -2.23. The smallest absolute Gasteiger partial charge is 0.268 e. The topological polar surface area (TPSA) is 138 Å². The van der Waals surface area contributed by atoms with Crippen LogP contribution in [0.4, 0.5) is 17.5 Å². The quantitative estimate of drug-likeness (QED) is 0.388. The Morgan fingerprint density at radius 3 is 2.79 bits per heavy atom.